The van der Waals surface area contributed by atoms with Gasteiger partial charge in [0.1, 0.15) is 11.2 Å². The third-order valence-electron chi connectivity index (χ3n) is 3.09. The van der Waals surface area contributed by atoms with Gasteiger partial charge < -0.3 is 14.2 Å². The summed E-state index contributed by atoms with van der Waals surface area (Å²) in [6.45, 7) is 8.07. The highest BCUT2D eigenvalue weighted by Crippen LogP contribution is 2.30. The third-order valence-corrected chi connectivity index (χ3v) is 3.42. The van der Waals surface area contributed by atoms with Crippen LogP contribution >= 0.6 is 11.6 Å². The zero-order chi connectivity index (χ0) is 19.7. The van der Waals surface area contributed by atoms with E-state index in [9.17, 15) is 14.4 Å². The second-order valence-corrected chi connectivity index (χ2v) is 7.47. The van der Waals surface area contributed by atoms with E-state index in [-0.39, 0.29) is 21.8 Å². The standard InChI is InChI=1S/C18H20ClNO6/c1-17(2,3)26-16(23)20-13-8-6-7-12(19)10(13)9-11-14(21)24-18(4,5)25-15(11)22/h6-9H,1-5H3,(H,20,23). The molecule has 0 aromatic heterocycles. The lowest BCUT2D eigenvalue weighted by Crippen LogP contribution is -2.41. The zero-order valence-corrected chi connectivity index (χ0v) is 15.9. The largest absolute Gasteiger partial charge is 0.444 e. The minimum Gasteiger partial charge on any atom is -0.444 e. The van der Waals surface area contributed by atoms with Gasteiger partial charge in [0, 0.05) is 24.4 Å². The molecule has 1 fully saturated rings. The quantitative estimate of drug-likeness (QED) is 0.474. The van der Waals surface area contributed by atoms with Crippen LogP contribution in [0.3, 0.4) is 0 Å². The van der Waals surface area contributed by atoms with Crippen molar-refractivity contribution < 1.29 is 28.6 Å². The Labute approximate surface area is 156 Å². The molecule has 1 heterocycles. The van der Waals surface area contributed by atoms with Crippen molar-refractivity contribution in [3.8, 4) is 0 Å². The Bertz CT molecular complexity index is 769. The van der Waals surface area contributed by atoms with Gasteiger partial charge in [-0.1, -0.05) is 17.7 Å². The molecule has 2 rings (SSSR count). The van der Waals surface area contributed by atoms with Gasteiger partial charge >= 0.3 is 18.0 Å². The number of cyclic esters (lactones) is 2. The second kappa shape index (κ2) is 6.99. The third kappa shape index (κ3) is 4.98. The van der Waals surface area contributed by atoms with Crippen molar-refractivity contribution in [3.63, 3.8) is 0 Å². The van der Waals surface area contributed by atoms with E-state index >= 15 is 0 Å². The van der Waals surface area contributed by atoms with Crippen molar-refractivity contribution in [3.05, 3.63) is 34.4 Å². The van der Waals surface area contributed by atoms with E-state index in [1.807, 2.05) is 0 Å². The zero-order valence-electron chi connectivity index (χ0n) is 15.1. The first-order valence-electron chi connectivity index (χ1n) is 7.85. The van der Waals surface area contributed by atoms with Gasteiger partial charge in [-0.3, -0.25) is 5.32 Å². The Morgan fingerprint density at radius 2 is 1.77 bits per heavy atom. The molecule has 1 aliphatic rings. The Kier molecular flexibility index (Phi) is 5.32. The van der Waals surface area contributed by atoms with Gasteiger partial charge in [0.2, 0.25) is 0 Å². The molecule has 8 heteroatoms. The first-order chi connectivity index (χ1) is 11.9. The number of carbonyl (C=O) groups is 3. The number of ether oxygens (including phenoxy) is 3. The summed E-state index contributed by atoms with van der Waals surface area (Å²) in [5, 5.41) is 2.77. The molecule has 140 valence electrons. The topological polar surface area (TPSA) is 90.9 Å². The SMILES string of the molecule is CC(C)(C)OC(=O)Nc1cccc(Cl)c1C=C1C(=O)OC(C)(C)OC1=O. The lowest BCUT2D eigenvalue weighted by atomic mass is 10.1. The molecular formula is C18H20ClNO6. The van der Waals surface area contributed by atoms with Gasteiger partial charge in [-0.25, -0.2) is 14.4 Å². The van der Waals surface area contributed by atoms with Crippen molar-refractivity contribution in [1.82, 2.24) is 0 Å². The second-order valence-electron chi connectivity index (χ2n) is 7.06. The highest BCUT2D eigenvalue weighted by molar-refractivity contribution is 6.33. The summed E-state index contributed by atoms with van der Waals surface area (Å²) in [4.78, 5) is 36.2. The summed E-state index contributed by atoms with van der Waals surface area (Å²) in [6.07, 6.45) is 0.518. The van der Waals surface area contributed by atoms with Crippen LogP contribution in [0.15, 0.2) is 23.8 Å². The maximum absolute atomic E-state index is 12.1. The van der Waals surface area contributed by atoms with Crippen LogP contribution in [0.4, 0.5) is 10.5 Å². The Morgan fingerprint density at radius 1 is 1.19 bits per heavy atom. The lowest BCUT2D eigenvalue weighted by Gasteiger charge is -2.29. The Hall–Kier alpha value is -2.54. The monoisotopic (exact) mass is 381 g/mol. The van der Waals surface area contributed by atoms with Crippen LogP contribution in [0.5, 0.6) is 0 Å². The van der Waals surface area contributed by atoms with Gasteiger partial charge in [-0.15, -0.1) is 0 Å². The molecule has 7 nitrogen and oxygen atoms in total. The predicted molar refractivity (Wildman–Crippen MR) is 95.5 cm³/mol. The number of anilines is 1. The van der Waals surface area contributed by atoms with Gasteiger partial charge in [-0.2, -0.15) is 0 Å². The molecule has 0 unspecified atom stereocenters. The molecule has 1 amide bonds. The van der Waals surface area contributed by atoms with E-state index < -0.39 is 29.4 Å². The molecule has 0 spiro atoms. The summed E-state index contributed by atoms with van der Waals surface area (Å²) in [6, 6.07) is 4.72. The normalized spacial score (nSPS) is 16.5. The van der Waals surface area contributed by atoms with Crippen molar-refractivity contribution in [1.29, 1.82) is 0 Å². The number of amides is 1. The molecule has 1 aromatic carbocycles. The first kappa shape index (κ1) is 19.8. The minimum absolute atomic E-state index is 0.219. The minimum atomic E-state index is -1.34. The van der Waals surface area contributed by atoms with Crippen molar-refractivity contribution in [2.24, 2.45) is 0 Å². The van der Waals surface area contributed by atoms with Crippen LogP contribution in [0.25, 0.3) is 6.08 Å². The summed E-state index contributed by atoms with van der Waals surface area (Å²) in [7, 11) is 0. The molecule has 0 aliphatic carbocycles. The molecule has 26 heavy (non-hydrogen) atoms. The fourth-order valence-electron chi connectivity index (χ4n) is 2.13. The maximum Gasteiger partial charge on any atom is 0.412 e. The highest BCUT2D eigenvalue weighted by atomic mass is 35.5. The lowest BCUT2D eigenvalue weighted by molar-refractivity contribution is -0.222. The summed E-state index contributed by atoms with van der Waals surface area (Å²) in [5.41, 5.74) is -0.498. The molecule has 1 N–H and O–H groups in total. The Balaban J connectivity index is 2.37. The molecule has 0 saturated carbocycles. The fourth-order valence-corrected chi connectivity index (χ4v) is 2.36. The van der Waals surface area contributed by atoms with Crippen LogP contribution in [-0.4, -0.2) is 29.4 Å². The predicted octanol–water partition coefficient (Wildman–Crippen LogP) is 3.91. The molecule has 0 atom stereocenters. The summed E-state index contributed by atoms with van der Waals surface area (Å²) in [5.74, 6) is -3.02. The number of carbonyl (C=O) groups excluding carboxylic acids is 3. The van der Waals surface area contributed by atoms with E-state index in [0.717, 1.165) is 0 Å². The first-order valence-corrected chi connectivity index (χ1v) is 8.23. The number of halogens is 1. The van der Waals surface area contributed by atoms with Crippen molar-refractivity contribution >= 4 is 41.4 Å². The summed E-state index contributed by atoms with van der Waals surface area (Å²) >= 11 is 6.18. The Morgan fingerprint density at radius 3 is 2.31 bits per heavy atom. The van der Waals surface area contributed by atoms with Crippen LogP contribution < -0.4 is 5.32 Å². The number of esters is 2. The van der Waals surface area contributed by atoms with Crippen LogP contribution in [-0.2, 0) is 23.8 Å². The molecule has 0 radical (unpaired) electrons. The number of nitrogens with one attached hydrogen (secondary N) is 1. The molecule has 0 bridgehead atoms. The molecule has 1 aliphatic heterocycles. The van der Waals surface area contributed by atoms with Gasteiger partial charge in [0.05, 0.1) is 5.69 Å². The number of hydrogen-bond donors (Lipinski definition) is 1. The number of hydrogen-bond acceptors (Lipinski definition) is 6. The maximum atomic E-state index is 12.1. The number of benzene rings is 1. The van der Waals surface area contributed by atoms with Gasteiger partial charge in [0.25, 0.3) is 5.79 Å². The highest BCUT2D eigenvalue weighted by Gasteiger charge is 2.39. The van der Waals surface area contributed by atoms with Crippen LogP contribution in [0.1, 0.15) is 40.2 Å². The summed E-state index contributed by atoms with van der Waals surface area (Å²) < 4.78 is 15.3. The van der Waals surface area contributed by atoms with E-state index in [1.165, 1.54) is 19.9 Å². The number of rotatable bonds is 2. The van der Waals surface area contributed by atoms with E-state index in [1.54, 1.807) is 39.0 Å². The fraction of sp³-hybridized carbons (Fsp3) is 0.389. The smallest absolute Gasteiger partial charge is 0.412 e. The van der Waals surface area contributed by atoms with E-state index in [2.05, 4.69) is 5.32 Å². The van der Waals surface area contributed by atoms with Crippen LogP contribution in [0.2, 0.25) is 5.02 Å². The molecular weight excluding hydrogens is 362 g/mol. The average Bonchev–Trinajstić information content (AvgIpc) is 2.41. The molecule has 1 saturated heterocycles. The van der Waals surface area contributed by atoms with Gasteiger partial charge in [-0.05, 0) is 39.0 Å². The van der Waals surface area contributed by atoms with Crippen molar-refractivity contribution in [2.75, 3.05) is 5.32 Å². The van der Waals surface area contributed by atoms with E-state index in [4.69, 9.17) is 25.8 Å². The van der Waals surface area contributed by atoms with Crippen LogP contribution in [0, 0.1) is 0 Å². The van der Waals surface area contributed by atoms with Gasteiger partial charge in [0.15, 0.2) is 0 Å². The van der Waals surface area contributed by atoms with E-state index in [0.29, 0.717) is 0 Å². The molecule has 1 aromatic rings. The van der Waals surface area contributed by atoms with Crippen molar-refractivity contribution in [2.45, 2.75) is 46.0 Å². The average molecular weight is 382 g/mol.